The number of ketones is 1. The maximum Gasteiger partial charge on any atom is 0.135 e. The van der Waals surface area contributed by atoms with Gasteiger partial charge in [0.25, 0.3) is 0 Å². The van der Waals surface area contributed by atoms with Crippen molar-refractivity contribution >= 4 is 5.78 Å². The molecule has 1 rings (SSSR count). The first-order valence-electron chi connectivity index (χ1n) is 6.67. The fourth-order valence-corrected chi connectivity index (χ4v) is 1.88. The lowest BCUT2D eigenvalue weighted by atomic mass is 10.0. The van der Waals surface area contributed by atoms with E-state index >= 15 is 0 Å². The largest absolute Gasteiger partial charge is 0.508 e. The lowest BCUT2D eigenvalue weighted by molar-refractivity contribution is -0.121. The molecule has 0 aromatic heterocycles. The van der Waals surface area contributed by atoms with Gasteiger partial charge in [-0.25, -0.2) is 0 Å². The highest BCUT2D eigenvalue weighted by Crippen LogP contribution is 2.13. The van der Waals surface area contributed by atoms with Crippen molar-refractivity contribution in [2.45, 2.75) is 51.2 Å². The Morgan fingerprint density at radius 2 is 1.79 bits per heavy atom. The summed E-state index contributed by atoms with van der Waals surface area (Å²) in [4.78, 5) is 11.7. The van der Waals surface area contributed by atoms with Crippen molar-refractivity contribution in [3.63, 3.8) is 0 Å². The van der Waals surface area contributed by atoms with Gasteiger partial charge in [0.1, 0.15) is 11.5 Å². The van der Waals surface area contributed by atoms with Gasteiger partial charge in [0.2, 0.25) is 0 Å². The number of hydrogen-bond donors (Lipinski definition) is 3. The molecule has 1 aromatic carbocycles. The molecule has 0 aliphatic heterocycles. The molecule has 0 fully saturated rings. The van der Waals surface area contributed by atoms with E-state index in [-0.39, 0.29) is 24.4 Å². The Balaban J connectivity index is 2.29. The van der Waals surface area contributed by atoms with Crippen molar-refractivity contribution in [1.29, 1.82) is 0 Å². The fraction of sp³-hybridized carbons (Fsp3) is 0.533. The highest BCUT2D eigenvalue weighted by Gasteiger charge is 2.14. The normalized spacial score (nSPS) is 14.1. The Morgan fingerprint density at radius 1 is 1.16 bits per heavy atom. The third-order valence-corrected chi connectivity index (χ3v) is 3.11. The maximum absolute atomic E-state index is 11.7. The average molecular weight is 266 g/mol. The molecule has 0 bridgehead atoms. The van der Waals surface area contributed by atoms with Gasteiger partial charge in [-0.2, -0.15) is 0 Å². The molecule has 0 unspecified atom stereocenters. The molecule has 0 amide bonds. The Bertz CT molecular complexity index is 386. The number of phenolic OH excluding ortho intramolecular Hbond substituents is 1. The summed E-state index contributed by atoms with van der Waals surface area (Å²) in [6.07, 6.45) is 0.587. The van der Waals surface area contributed by atoms with E-state index in [2.05, 4.69) is 0 Å². The van der Waals surface area contributed by atoms with Crippen molar-refractivity contribution in [1.82, 2.24) is 0 Å². The molecule has 0 spiro atoms. The maximum atomic E-state index is 11.7. The van der Waals surface area contributed by atoms with Crippen LogP contribution in [0.1, 0.15) is 38.2 Å². The predicted molar refractivity (Wildman–Crippen MR) is 73.0 cm³/mol. The van der Waals surface area contributed by atoms with Crippen molar-refractivity contribution in [3.8, 4) is 5.75 Å². The van der Waals surface area contributed by atoms with E-state index in [4.69, 9.17) is 5.11 Å². The van der Waals surface area contributed by atoms with Crippen LogP contribution in [0.2, 0.25) is 0 Å². The molecular formula is C15H22O4. The molecule has 4 heteroatoms. The number of aryl methyl sites for hydroxylation is 1. The summed E-state index contributed by atoms with van der Waals surface area (Å²) in [6.45, 7) is 1.84. The van der Waals surface area contributed by atoms with Crippen LogP contribution in [-0.2, 0) is 11.2 Å². The van der Waals surface area contributed by atoms with Crippen molar-refractivity contribution in [2.24, 2.45) is 0 Å². The number of carbonyl (C=O) groups excluding carboxylic acids is 1. The number of aromatic hydroxyl groups is 1. The Labute approximate surface area is 113 Å². The first kappa shape index (κ1) is 15.7. The molecule has 2 atom stereocenters. The van der Waals surface area contributed by atoms with Crippen molar-refractivity contribution in [3.05, 3.63) is 29.8 Å². The SMILES string of the molecule is CC[C@@H](O)C[C@@H](O)CC(=O)CCc1ccc(O)cc1. The highest BCUT2D eigenvalue weighted by molar-refractivity contribution is 5.79. The van der Waals surface area contributed by atoms with Crippen LogP contribution in [-0.4, -0.2) is 33.3 Å². The van der Waals surface area contributed by atoms with Crippen LogP contribution in [0.4, 0.5) is 0 Å². The second-order valence-corrected chi connectivity index (χ2v) is 4.86. The first-order valence-corrected chi connectivity index (χ1v) is 6.67. The fourth-order valence-electron chi connectivity index (χ4n) is 1.88. The van der Waals surface area contributed by atoms with E-state index in [1.54, 1.807) is 24.3 Å². The third kappa shape index (κ3) is 6.36. The van der Waals surface area contributed by atoms with E-state index in [0.29, 0.717) is 19.3 Å². The Morgan fingerprint density at radius 3 is 2.37 bits per heavy atom. The Kier molecular flexibility index (Phi) is 6.53. The van der Waals surface area contributed by atoms with E-state index in [0.717, 1.165) is 5.56 Å². The number of aliphatic hydroxyl groups is 2. The van der Waals surface area contributed by atoms with Crippen LogP contribution in [0.3, 0.4) is 0 Å². The summed E-state index contributed by atoms with van der Waals surface area (Å²) in [5.74, 6) is 0.197. The van der Waals surface area contributed by atoms with Crippen LogP contribution in [0.5, 0.6) is 5.75 Å². The third-order valence-electron chi connectivity index (χ3n) is 3.11. The molecule has 3 N–H and O–H groups in total. The van der Waals surface area contributed by atoms with Gasteiger partial charge < -0.3 is 15.3 Å². The van der Waals surface area contributed by atoms with Gasteiger partial charge >= 0.3 is 0 Å². The molecule has 106 valence electrons. The van der Waals surface area contributed by atoms with Gasteiger partial charge in [-0.15, -0.1) is 0 Å². The van der Waals surface area contributed by atoms with Gasteiger partial charge in [0, 0.05) is 12.8 Å². The van der Waals surface area contributed by atoms with Gasteiger partial charge in [-0.05, 0) is 37.0 Å². The number of aliphatic hydroxyl groups excluding tert-OH is 2. The predicted octanol–water partition coefficient (Wildman–Crippen LogP) is 1.81. The summed E-state index contributed by atoms with van der Waals surface area (Å²) in [6, 6.07) is 6.73. The van der Waals surface area contributed by atoms with E-state index in [9.17, 15) is 15.0 Å². The van der Waals surface area contributed by atoms with Crippen LogP contribution >= 0.6 is 0 Å². The minimum absolute atomic E-state index is 0.0103. The second kappa shape index (κ2) is 7.92. The number of benzene rings is 1. The molecule has 0 heterocycles. The molecule has 1 aromatic rings. The number of rotatable bonds is 8. The second-order valence-electron chi connectivity index (χ2n) is 4.86. The van der Waals surface area contributed by atoms with E-state index in [1.165, 1.54) is 0 Å². The highest BCUT2D eigenvalue weighted by atomic mass is 16.3. The summed E-state index contributed by atoms with van der Waals surface area (Å²) in [5.41, 5.74) is 0.981. The quantitative estimate of drug-likeness (QED) is 0.670. The number of carbonyl (C=O) groups is 1. The smallest absolute Gasteiger partial charge is 0.135 e. The van der Waals surface area contributed by atoms with Gasteiger partial charge in [0.05, 0.1) is 12.2 Å². The molecule has 19 heavy (non-hydrogen) atoms. The van der Waals surface area contributed by atoms with Crippen LogP contribution in [0.25, 0.3) is 0 Å². The summed E-state index contributed by atoms with van der Waals surface area (Å²) < 4.78 is 0. The average Bonchev–Trinajstić information content (AvgIpc) is 2.37. The molecule has 0 saturated heterocycles. The zero-order chi connectivity index (χ0) is 14.3. The minimum atomic E-state index is -0.762. The molecule has 0 radical (unpaired) electrons. The minimum Gasteiger partial charge on any atom is -0.508 e. The lowest BCUT2D eigenvalue weighted by Crippen LogP contribution is -2.20. The Hall–Kier alpha value is -1.39. The molecular weight excluding hydrogens is 244 g/mol. The zero-order valence-electron chi connectivity index (χ0n) is 11.2. The summed E-state index contributed by atoms with van der Waals surface area (Å²) in [7, 11) is 0. The first-order chi connectivity index (χ1) is 9.01. The molecule has 0 saturated carbocycles. The van der Waals surface area contributed by atoms with Crippen LogP contribution < -0.4 is 0 Å². The van der Waals surface area contributed by atoms with Crippen LogP contribution in [0.15, 0.2) is 24.3 Å². The zero-order valence-corrected chi connectivity index (χ0v) is 11.2. The van der Waals surface area contributed by atoms with Crippen molar-refractivity contribution < 1.29 is 20.1 Å². The van der Waals surface area contributed by atoms with Gasteiger partial charge in [-0.3, -0.25) is 4.79 Å². The summed E-state index contributed by atoms with van der Waals surface area (Å²) in [5, 5.41) is 28.2. The monoisotopic (exact) mass is 266 g/mol. The standard InChI is InChI=1S/C15H22O4/c1-2-12(16)9-15(19)10-14(18)8-5-11-3-6-13(17)7-4-11/h3-4,6-7,12,15-17,19H,2,5,8-10H2,1H3/t12-,15-/m1/s1. The van der Waals surface area contributed by atoms with Crippen molar-refractivity contribution in [2.75, 3.05) is 0 Å². The number of Topliss-reactive ketones (excluding diaryl/α,β-unsaturated/α-hetero) is 1. The molecule has 0 aliphatic carbocycles. The molecule has 4 nitrogen and oxygen atoms in total. The number of hydrogen-bond acceptors (Lipinski definition) is 4. The van der Waals surface area contributed by atoms with Gasteiger partial charge in [-0.1, -0.05) is 19.1 Å². The summed E-state index contributed by atoms with van der Waals surface area (Å²) >= 11 is 0. The van der Waals surface area contributed by atoms with E-state index in [1.807, 2.05) is 6.92 Å². The van der Waals surface area contributed by atoms with E-state index < -0.39 is 12.2 Å². The number of phenols is 1. The lowest BCUT2D eigenvalue weighted by Gasteiger charge is -2.13. The topological polar surface area (TPSA) is 77.8 Å². The molecule has 0 aliphatic rings. The van der Waals surface area contributed by atoms with Crippen LogP contribution in [0, 0.1) is 0 Å². The van der Waals surface area contributed by atoms with Gasteiger partial charge in [0.15, 0.2) is 0 Å².